The molecule has 0 saturated heterocycles. The van der Waals surface area contributed by atoms with E-state index in [1.54, 1.807) is 0 Å². The standard InChI is InChI=1S/C27H35N5O3/c1-17(2)5-3-4-6-22-29-25-24-26(31-25)32(13-14-35-27(24)30-22)20-11-12-21(28-16-20)19-9-7-18(8-10-19)15-23(33)34/h11-12,16-19H,3-10,13-15H2,1-2H3,(H,33,34)/t18-,19-. The van der Waals surface area contributed by atoms with Gasteiger partial charge < -0.3 is 14.7 Å². The third kappa shape index (κ3) is 5.31. The van der Waals surface area contributed by atoms with Gasteiger partial charge in [-0.1, -0.05) is 26.7 Å². The van der Waals surface area contributed by atoms with Crippen LogP contribution in [-0.2, 0) is 11.2 Å². The zero-order valence-corrected chi connectivity index (χ0v) is 20.7. The predicted octanol–water partition coefficient (Wildman–Crippen LogP) is 5.28. The van der Waals surface area contributed by atoms with Gasteiger partial charge in [0.25, 0.3) is 0 Å². The van der Waals surface area contributed by atoms with Gasteiger partial charge in [-0.05, 0) is 56.1 Å². The van der Waals surface area contributed by atoms with Gasteiger partial charge in [-0.25, -0.2) is 9.98 Å². The Morgan fingerprint density at radius 1 is 1.17 bits per heavy atom. The van der Waals surface area contributed by atoms with Gasteiger partial charge in [-0.15, -0.1) is 0 Å². The van der Waals surface area contributed by atoms with Crippen molar-refractivity contribution in [1.29, 1.82) is 0 Å². The number of aromatic nitrogens is 3. The smallest absolute Gasteiger partial charge is 0.303 e. The van der Waals surface area contributed by atoms with E-state index >= 15 is 0 Å². The number of hydrogen-bond acceptors (Lipinski definition) is 7. The summed E-state index contributed by atoms with van der Waals surface area (Å²) in [5.74, 6) is 3.81. The van der Waals surface area contributed by atoms with Gasteiger partial charge in [0.15, 0.2) is 11.7 Å². The van der Waals surface area contributed by atoms with Crippen molar-refractivity contribution < 1.29 is 14.6 Å². The molecular weight excluding hydrogens is 442 g/mol. The number of ether oxygens (including phenoxy) is 1. The van der Waals surface area contributed by atoms with Gasteiger partial charge in [0.2, 0.25) is 5.88 Å². The number of aryl methyl sites for hydroxylation is 1. The van der Waals surface area contributed by atoms with E-state index in [1.165, 1.54) is 12.8 Å². The minimum Gasteiger partial charge on any atom is -0.481 e. The van der Waals surface area contributed by atoms with Crippen LogP contribution >= 0.6 is 0 Å². The van der Waals surface area contributed by atoms with Crippen molar-refractivity contribution in [2.24, 2.45) is 16.8 Å². The number of aliphatic imine (C=N–C) groups is 1. The fourth-order valence-corrected chi connectivity index (χ4v) is 5.40. The molecule has 0 radical (unpaired) electrons. The first kappa shape index (κ1) is 23.7. The largest absolute Gasteiger partial charge is 0.481 e. The number of hydrogen-bond donors (Lipinski definition) is 1. The number of anilines is 1. The van der Waals surface area contributed by atoms with Crippen LogP contribution in [0.15, 0.2) is 23.3 Å². The molecule has 8 nitrogen and oxygen atoms in total. The van der Waals surface area contributed by atoms with E-state index in [0.29, 0.717) is 30.9 Å². The van der Waals surface area contributed by atoms with E-state index in [1.807, 2.05) is 6.20 Å². The summed E-state index contributed by atoms with van der Waals surface area (Å²) >= 11 is 0. The Hall–Kier alpha value is -3.03. The van der Waals surface area contributed by atoms with E-state index < -0.39 is 5.97 Å². The second-order valence-corrected chi connectivity index (χ2v) is 10.5. The van der Waals surface area contributed by atoms with Crippen LogP contribution in [0.3, 0.4) is 0 Å². The molecule has 0 aromatic carbocycles. The number of aliphatic carboxylic acids is 1. The van der Waals surface area contributed by atoms with Crippen LogP contribution in [0.25, 0.3) is 0 Å². The maximum atomic E-state index is 11.0. The number of carboxylic acids is 1. The number of rotatable bonds is 9. The monoisotopic (exact) mass is 477 g/mol. The van der Waals surface area contributed by atoms with Crippen molar-refractivity contribution >= 4 is 23.3 Å². The Morgan fingerprint density at radius 2 is 2.00 bits per heavy atom. The van der Waals surface area contributed by atoms with Crippen molar-refractivity contribution in [3.63, 3.8) is 0 Å². The molecule has 0 unspecified atom stereocenters. The average Bonchev–Trinajstić information content (AvgIpc) is 2.98. The minimum atomic E-state index is -0.691. The SMILES string of the molecule is CC(C)CCCCc1nc2c3c(n1)OCCN(c1ccc([C@H]4CC[C@H](CC(=O)O)CC4)nc1)C3=N2. The Balaban J connectivity index is 1.23. The average molecular weight is 478 g/mol. The molecule has 1 fully saturated rings. The van der Waals surface area contributed by atoms with Gasteiger partial charge in [-0.2, -0.15) is 4.98 Å². The molecule has 4 heterocycles. The van der Waals surface area contributed by atoms with Crippen molar-refractivity contribution in [3.05, 3.63) is 35.4 Å². The topological polar surface area (TPSA) is 101 Å². The zero-order valence-electron chi connectivity index (χ0n) is 20.7. The van der Waals surface area contributed by atoms with E-state index in [-0.39, 0.29) is 6.42 Å². The summed E-state index contributed by atoms with van der Waals surface area (Å²) in [6.45, 7) is 5.72. The van der Waals surface area contributed by atoms with Crippen LogP contribution in [-0.4, -0.2) is 45.0 Å². The molecule has 2 aromatic heterocycles. The molecular formula is C27H35N5O3. The van der Waals surface area contributed by atoms with Crippen LogP contribution in [0.5, 0.6) is 5.88 Å². The first-order chi connectivity index (χ1) is 17.0. The highest BCUT2D eigenvalue weighted by atomic mass is 16.5. The van der Waals surface area contributed by atoms with E-state index in [2.05, 4.69) is 35.9 Å². The minimum absolute atomic E-state index is 0.283. The maximum absolute atomic E-state index is 11.0. The molecule has 0 amide bonds. The summed E-state index contributed by atoms with van der Waals surface area (Å²) in [4.78, 5) is 32.0. The second-order valence-electron chi connectivity index (χ2n) is 10.5. The van der Waals surface area contributed by atoms with Crippen molar-refractivity contribution in [2.45, 2.75) is 77.6 Å². The summed E-state index contributed by atoms with van der Waals surface area (Å²) in [5.41, 5.74) is 3.00. The van der Waals surface area contributed by atoms with E-state index in [4.69, 9.17) is 24.8 Å². The lowest BCUT2D eigenvalue weighted by Crippen LogP contribution is -2.36. The molecule has 5 rings (SSSR count). The number of amidine groups is 1. The molecule has 186 valence electrons. The highest BCUT2D eigenvalue weighted by molar-refractivity contribution is 6.20. The zero-order chi connectivity index (χ0) is 24.4. The second kappa shape index (κ2) is 10.3. The Kier molecular flexibility index (Phi) is 6.97. The van der Waals surface area contributed by atoms with Crippen LogP contribution in [0.1, 0.15) is 88.2 Å². The molecule has 1 saturated carbocycles. The molecule has 2 aromatic rings. The first-order valence-corrected chi connectivity index (χ1v) is 13.1. The molecule has 8 heteroatoms. The van der Waals surface area contributed by atoms with Crippen LogP contribution < -0.4 is 9.64 Å². The third-order valence-electron chi connectivity index (χ3n) is 7.39. The molecule has 0 spiro atoms. The van der Waals surface area contributed by atoms with Crippen LogP contribution in [0.4, 0.5) is 11.5 Å². The first-order valence-electron chi connectivity index (χ1n) is 13.1. The summed E-state index contributed by atoms with van der Waals surface area (Å²) in [5, 5.41) is 9.04. The lowest BCUT2D eigenvalue weighted by atomic mass is 9.79. The highest BCUT2D eigenvalue weighted by Crippen LogP contribution is 2.40. The molecule has 1 aliphatic carbocycles. The molecule has 3 aliphatic rings. The van der Waals surface area contributed by atoms with Crippen LogP contribution in [0, 0.1) is 11.8 Å². The summed E-state index contributed by atoms with van der Waals surface area (Å²) in [6, 6.07) is 4.22. The molecule has 2 aliphatic heterocycles. The van der Waals surface area contributed by atoms with Crippen molar-refractivity contribution in [2.75, 3.05) is 18.1 Å². The lowest BCUT2D eigenvalue weighted by Gasteiger charge is -2.29. The number of unbranched alkanes of at least 4 members (excludes halogenated alkanes) is 1. The van der Waals surface area contributed by atoms with Gasteiger partial charge in [0.1, 0.15) is 18.0 Å². The Bertz CT molecular complexity index is 1090. The number of pyridine rings is 1. The van der Waals surface area contributed by atoms with Crippen molar-refractivity contribution in [1.82, 2.24) is 15.0 Å². The Labute approximate surface area is 206 Å². The van der Waals surface area contributed by atoms with Gasteiger partial charge >= 0.3 is 5.97 Å². The van der Waals surface area contributed by atoms with E-state index in [9.17, 15) is 4.79 Å². The third-order valence-corrected chi connectivity index (χ3v) is 7.39. The quantitative estimate of drug-likeness (QED) is 0.490. The molecule has 1 N–H and O–H groups in total. The summed E-state index contributed by atoms with van der Waals surface area (Å²) in [7, 11) is 0. The number of carbonyl (C=O) groups is 1. The maximum Gasteiger partial charge on any atom is 0.303 e. The number of nitrogens with zero attached hydrogens (tertiary/aromatic N) is 5. The van der Waals surface area contributed by atoms with Gasteiger partial charge in [-0.3, -0.25) is 9.78 Å². The van der Waals surface area contributed by atoms with Gasteiger partial charge in [0, 0.05) is 24.5 Å². The van der Waals surface area contributed by atoms with Crippen molar-refractivity contribution in [3.8, 4) is 5.88 Å². The highest BCUT2D eigenvalue weighted by Gasteiger charge is 2.35. The summed E-state index contributed by atoms with van der Waals surface area (Å²) < 4.78 is 6.02. The molecule has 35 heavy (non-hydrogen) atoms. The lowest BCUT2D eigenvalue weighted by molar-refractivity contribution is -0.138. The van der Waals surface area contributed by atoms with Gasteiger partial charge in [0.05, 0.1) is 18.4 Å². The molecule has 0 atom stereocenters. The normalized spacial score (nSPS) is 21.0. The Morgan fingerprint density at radius 3 is 2.71 bits per heavy atom. The van der Waals surface area contributed by atoms with Crippen LogP contribution in [0.2, 0.25) is 0 Å². The van der Waals surface area contributed by atoms with E-state index in [0.717, 1.165) is 78.9 Å². The predicted molar refractivity (Wildman–Crippen MR) is 135 cm³/mol. The summed E-state index contributed by atoms with van der Waals surface area (Å²) in [6.07, 6.45) is 10.5. The molecule has 0 bridgehead atoms. The fraction of sp³-hybridized carbons (Fsp3) is 0.593. The fourth-order valence-electron chi connectivity index (χ4n) is 5.40. The number of carboxylic acid groups (broad SMARTS) is 1.